The van der Waals surface area contributed by atoms with Gasteiger partial charge in [-0.05, 0) is 23.6 Å². The molecule has 5 nitrogen and oxygen atoms in total. The lowest BCUT2D eigenvalue weighted by Crippen LogP contribution is -2.11. The second-order valence-electron chi connectivity index (χ2n) is 7.84. The summed E-state index contributed by atoms with van der Waals surface area (Å²) in [6.07, 6.45) is -2.64. The van der Waals surface area contributed by atoms with Gasteiger partial charge in [0.15, 0.2) is 6.35 Å². The number of ether oxygens (including phenoxy) is 4. The van der Waals surface area contributed by atoms with Gasteiger partial charge in [0, 0.05) is 17.4 Å². The van der Waals surface area contributed by atoms with Crippen molar-refractivity contribution in [2.45, 2.75) is 20.8 Å². The summed E-state index contributed by atoms with van der Waals surface area (Å²) in [6.45, 7) is 6.42. The fraction of sp³-hybridized carbons (Fsp3) is 0.429. The summed E-state index contributed by atoms with van der Waals surface area (Å²) < 4.78 is 36.5. The van der Waals surface area contributed by atoms with E-state index in [1.807, 2.05) is 24.3 Å². The van der Waals surface area contributed by atoms with Crippen LogP contribution in [0.15, 0.2) is 30.3 Å². The van der Waals surface area contributed by atoms with Crippen molar-refractivity contribution in [3.8, 4) is 34.1 Å². The van der Waals surface area contributed by atoms with Gasteiger partial charge in [-0.15, -0.1) is 0 Å². The van der Waals surface area contributed by atoms with Crippen LogP contribution in [0.3, 0.4) is 0 Å². The molecule has 2 aromatic carbocycles. The van der Waals surface area contributed by atoms with Crippen LogP contribution in [0.1, 0.15) is 20.8 Å². The first-order chi connectivity index (χ1) is 13.2. The maximum atomic E-state index is 14.0. The van der Waals surface area contributed by atoms with E-state index in [1.165, 1.54) is 11.4 Å². The second-order valence-corrected chi connectivity index (χ2v) is 13.0. The lowest BCUT2D eigenvalue weighted by Gasteiger charge is -2.22. The average molecular weight is 422 g/mol. The minimum absolute atomic E-state index is 0.0551. The number of methoxy groups -OCH3 is 3. The van der Waals surface area contributed by atoms with Gasteiger partial charge in [0.25, 0.3) is 0 Å². The van der Waals surface area contributed by atoms with E-state index in [0.717, 1.165) is 22.2 Å². The van der Waals surface area contributed by atoms with E-state index in [9.17, 15) is 4.57 Å². The lowest BCUT2D eigenvalue weighted by atomic mass is 10.0. The molecule has 0 spiro atoms. The van der Waals surface area contributed by atoms with Crippen LogP contribution in [0.2, 0.25) is 0 Å². The second kappa shape index (κ2) is 7.92. The average Bonchev–Trinajstić information content (AvgIpc) is 3.02. The van der Waals surface area contributed by atoms with Crippen molar-refractivity contribution in [2.24, 2.45) is 5.41 Å². The van der Waals surface area contributed by atoms with E-state index >= 15 is 0 Å². The molecule has 0 aromatic heterocycles. The summed E-state index contributed by atoms with van der Waals surface area (Å²) in [5.74, 6) is 3.30. The highest BCUT2D eigenvalue weighted by Gasteiger charge is 2.41. The molecule has 0 saturated carbocycles. The number of hydrogen-bond acceptors (Lipinski definition) is 6. The number of benzene rings is 2. The number of rotatable bonds is 6. The van der Waals surface area contributed by atoms with Crippen LogP contribution in [0.5, 0.6) is 23.0 Å². The molecule has 7 heteroatoms. The molecule has 0 bridgehead atoms. The number of fused-ring (bicyclic) bond motifs is 1. The van der Waals surface area contributed by atoms with Crippen molar-refractivity contribution in [3.05, 3.63) is 30.3 Å². The first kappa shape index (κ1) is 20.9. The smallest absolute Gasteiger partial charge is 0.206 e. The Morgan fingerprint density at radius 1 is 1.07 bits per heavy atom. The zero-order valence-electron chi connectivity index (χ0n) is 17.2. The Labute approximate surface area is 170 Å². The molecule has 28 heavy (non-hydrogen) atoms. The highest BCUT2D eigenvalue weighted by atomic mass is 32.7. The van der Waals surface area contributed by atoms with Crippen LogP contribution in [0.4, 0.5) is 0 Å². The highest BCUT2D eigenvalue weighted by molar-refractivity contribution is 8.60. The molecular weight excluding hydrogens is 395 g/mol. The van der Waals surface area contributed by atoms with Gasteiger partial charge in [-0.25, -0.2) is 0 Å². The summed E-state index contributed by atoms with van der Waals surface area (Å²) in [5, 5.41) is 0.727. The van der Waals surface area contributed by atoms with Crippen LogP contribution in [0, 0.1) is 5.41 Å². The largest absolute Gasteiger partial charge is 0.497 e. The van der Waals surface area contributed by atoms with Crippen molar-refractivity contribution in [3.63, 3.8) is 0 Å². The minimum Gasteiger partial charge on any atom is -0.497 e. The molecule has 0 amide bonds. The zero-order valence-corrected chi connectivity index (χ0v) is 18.9. The van der Waals surface area contributed by atoms with Crippen LogP contribution in [-0.2, 0) is 4.57 Å². The summed E-state index contributed by atoms with van der Waals surface area (Å²) in [6, 6.07) is 9.29. The topological polar surface area (TPSA) is 54.0 Å². The fourth-order valence-corrected chi connectivity index (χ4v) is 8.46. The Balaban J connectivity index is 2.24. The molecule has 1 aliphatic rings. The Bertz CT molecular complexity index is 897. The van der Waals surface area contributed by atoms with E-state index in [0.29, 0.717) is 23.0 Å². The van der Waals surface area contributed by atoms with Crippen molar-refractivity contribution >= 4 is 23.0 Å². The monoisotopic (exact) mass is 422 g/mol. The third-order valence-corrected chi connectivity index (χ3v) is 9.94. The standard InChI is InChI=1S/C21H27O5PS/c1-21(2,3)12-28-27(22)13-26-18-11-14(23-4)10-15(20(18)27)19-16(24-5)8-7-9-17(19)25-6/h7-11H,12-13H2,1-6H3. The van der Waals surface area contributed by atoms with Gasteiger partial charge in [-0.2, -0.15) is 0 Å². The van der Waals surface area contributed by atoms with Crippen LogP contribution >= 0.6 is 17.7 Å². The normalized spacial score (nSPS) is 18.4. The Morgan fingerprint density at radius 2 is 1.71 bits per heavy atom. The summed E-state index contributed by atoms with van der Waals surface area (Å²) in [5.41, 5.74) is 1.58. The Hall–Kier alpha value is -1.78. The SMILES string of the molecule is COc1cc2c(c(-c3c(OC)cccc3OC)c1)P(=O)(SCC(C)(C)C)CO2. The van der Waals surface area contributed by atoms with Crippen molar-refractivity contribution in [1.29, 1.82) is 0 Å². The van der Waals surface area contributed by atoms with Gasteiger partial charge in [-0.1, -0.05) is 38.2 Å². The molecule has 152 valence electrons. The van der Waals surface area contributed by atoms with Crippen LogP contribution in [0.25, 0.3) is 11.1 Å². The lowest BCUT2D eigenvalue weighted by molar-refractivity contribution is 0.384. The minimum atomic E-state index is -2.82. The fourth-order valence-electron chi connectivity index (χ4n) is 3.09. The molecule has 1 heterocycles. The van der Waals surface area contributed by atoms with E-state index in [4.69, 9.17) is 18.9 Å². The van der Waals surface area contributed by atoms with Crippen LogP contribution in [-0.4, -0.2) is 33.4 Å². The molecule has 0 fully saturated rings. The van der Waals surface area contributed by atoms with Gasteiger partial charge in [0.1, 0.15) is 23.0 Å². The zero-order chi connectivity index (χ0) is 20.5. The first-order valence-corrected chi connectivity index (χ1v) is 12.5. The molecule has 0 saturated heterocycles. The third-order valence-electron chi connectivity index (χ3n) is 4.42. The highest BCUT2D eigenvalue weighted by Crippen LogP contribution is 2.65. The van der Waals surface area contributed by atoms with Crippen molar-refractivity contribution in [2.75, 3.05) is 33.4 Å². The molecular formula is C21H27O5PS. The summed E-state index contributed by atoms with van der Waals surface area (Å²) in [4.78, 5) is 0. The van der Waals surface area contributed by atoms with Gasteiger partial charge >= 0.3 is 0 Å². The molecule has 0 radical (unpaired) electrons. The molecule has 1 unspecified atom stereocenters. The molecule has 3 rings (SSSR count). The predicted octanol–water partition coefficient (Wildman–Crippen LogP) is 5.41. The van der Waals surface area contributed by atoms with E-state index in [1.54, 1.807) is 27.4 Å². The summed E-state index contributed by atoms with van der Waals surface area (Å²) in [7, 11) is 4.83. The molecule has 0 N–H and O–H groups in total. The van der Waals surface area contributed by atoms with E-state index < -0.39 is 6.34 Å². The Kier molecular flexibility index (Phi) is 5.92. The summed E-state index contributed by atoms with van der Waals surface area (Å²) >= 11 is 1.49. The third kappa shape index (κ3) is 3.99. The quantitative estimate of drug-likeness (QED) is 0.580. The van der Waals surface area contributed by atoms with E-state index in [-0.39, 0.29) is 11.8 Å². The Morgan fingerprint density at radius 3 is 2.25 bits per heavy atom. The maximum absolute atomic E-state index is 14.0. The van der Waals surface area contributed by atoms with Crippen molar-refractivity contribution < 1.29 is 23.5 Å². The predicted molar refractivity (Wildman–Crippen MR) is 116 cm³/mol. The van der Waals surface area contributed by atoms with Crippen LogP contribution < -0.4 is 24.3 Å². The molecule has 1 aliphatic heterocycles. The van der Waals surface area contributed by atoms with Gasteiger partial charge in [-0.3, -0.25) is 0 Å². The van der Waals surface area contributed by atoms with Gasteiger partial charge in [0.2, 0.25) is 6.34 Å². The van der Waals surface area contributed by atoms with Gasteiger partial charge < -0.3 is 23.5 Å². The van der Waals surface area contributed by atoms with Gasteiger partial charge in [0.05, 0.1) is 32.2 Å². The molecule has 0 aliphatic carbocycles. The maximum Gasteiger partial charge on any atom is 0.206 e. The van der Waals surface area contributed by atoms with Crippen molar-refractivity contribution in [1.82, 2.24) is 0 Å². The first-order valence-electron chi connectivity index (χ1n) is 9.03. The number of hydrogen-bond donors (Lipinski definition) is 0. The molecule has 2 aromatic rings. The van der Waals surface area contributed by atoms with E-state index in [2.05, 4.69) is 20.8 Å². The molecule has 1 atom stereocenters.